The molecular weight excluding hydrogens is 467 g/mol. The van der Waals surface area contributed by atoms with Gasteiger partial charge in [0.15, 0.2) is 0 Å². The highest BCUT2D eigenvalue weighted by Crippen LogP contribution is 2.44. The fourth-order valence-electron chi connectivity index (χ4n) is 4.02. The van der Waals surface area contributed by atoms with Crippen LogP contribution >= 0.6 is 0 Å². The summed E-state index contributed by atoms with van der Waals surface area (Å²) in [5.41, 5.74) is 3.73. The molecule has 1 aliphatic rings. The number of fused-ring (bicyclic) bond motifs is 3. The summed E-state index contributed by atoms with van der Waals surface area (Å²) in [5, 5.41) is 12.9. The molecule has 0 spiro atoms. The molecule has 0 aromatic heterocycles. The number of carbonyl (C=O) groups is 3. The second-order valence-corrected chi connectivity index (χ2v) is 8.49. The smallest absolute Gasteiger partial charge is 0.409 e. The van der Waals surface area contributed by atoms with Crippen molar-refractivity contribution in [1.29, 1.82) is 0 Å². The highest BCUT2D eigenvalue weighted by Gasteiger charge is 2.43. The molecule has 2 atom stereocenters. The van der Waals surface area contributed by atoms with Gasteiger partial charge in [0.1, 0.15) is 18.7 Å². The van der Waals surface area contributed by atoms with E-state index in [1.54, 1.807) is 19.4 Å². The van der Waals surface area contributed by atoms with Gasteiger partial charge in [-0.2, -0.15) is 13.2 Å². The lowest BCUT2D eigenvalue weighted by Crippen LogP contribution is -2.52. The zero-order valence-electron chi connectivity index (χ0n) is 19.1. The Labute approximate surface area is 200 Å². The van der Waals surface area contributed by atoms with E-state index in [2.05, 4.69) is 5.32 Å². The summed E-state index contributed by atoms with van der Waals surface area (Å²) < 4.78 is 45.7. The van der Waals surface area contributed by atoms with Crippen LogP contribution in [0, 0.1) is 0 Å². The maximum Gasteiger partial charge on any atom is 0.409 e. The van der Waals surface area contributed by atoms with Gasteiger partial charge in [0, 0.05) is 12.5 Å². The Morgan fingerprint density at radius 2 is 1.54 bits per heavy atom. The molecule has 3 N–H and O–H groups in total. The van der Waals surface area contributed by atoms with E-state index in [-0.39, 0.29) is 19.1 Å². The van der Waals surface area contributed by atoms with Gasteiger partial charge < -0.3 is 25.4 Å². The summed E-state index contributed by atoms with van der Waals surface area (Å²) >= 11 is 0. The Morgan fingerprint density at radius 3 is 2.03 bits per heavy atom. The van der Waals surface area contributed by atoms with E-state index in [1.165, 1.54) is 4.90 Å². The highest BCUT2D eigenvalue weighted by atomic mass is 19.4. The van der Waals surface area contributed by atoms with Crippen LogP contribution in [0.3, 0.4) is 0 Å². The second-order valence-electron chi connectivity index (χ2n) is 8.49. The summed E-state index contributed by atoms with van der Waals surface area (Å²) in [4.78, 5) is 37.1. The van der Waals surface area contributed by atoms with Crippen LogP contribution in [0.1, 0.15) is 23.5 Å². The molecule has 0 saturated heterocycles. The summed E-state index contributed by atoms with van der Waals surface area (Å²) in [7, 11) is 3.11. The second kappa shape index (κ2) is 10.8. The normalized spacial score (nSPS) is 14.6. The van der Waals surface area contributed by atoms with Crippen molar-refractivity contribution in [3.63, 3.8) is 0 Å². The van der Waals surface area contributed by atoms with Crippen LogP contribution in [-0.2, 0) is 14.3 Å². The number of halogens is 3. The van der Waals surface area contributed by atoms with E-state index in [9.17, 15) is 32.7 Å². The predicted molar refractivity (Wildman–Crippen MR) is 121 cm³/mol. The number of amides is 2. The van der Waals surface area contributed by atoms with E-state index in [0.717, 1.165) is 22.3 Å². The van der Waals surface area contributed by atoms with Gasteiger partial charge in [0.25, 0.3) is 0 Å². The van der Waals surface area contributed by atoms with Gasteiger partial charge in [-0.15, -0.1) is 0 Å². The molecule has 0 radical (unpaired) electrons. The van der Waals surface area contributed by atoms with Crippen LogP contribution in [0.5, 0.6) is 0 Å². The Kier molecular flexibility index (Phi) is 8.00. The minimum Gasteiger partial charge on any atom is -0.480 e. The molecule has 0 heterocycles. The molecule has 3 rings (SSSR count). The molecule has 2 aromatic carbocycles. The number of carboxylic acid groups (broad SMARTS) is 1. The monoisotopic (exact) mass is 493 g/mol. The summed E-state index contributed by atoms with van der Waals surface area (Å²) in [6.45, 7) is -0.307. The molecule has 188 valence electrons. The molecule has 0 saturated carbocycles. The Hall–Kier alpha value is -3.60. The number of nitrogens with zero attached hydrogens (tertiary/aromatic N) is 1. The number of carbonyl (C=O) groups excluding carboxylic acids is 2. The van der Waals surface area contributed by atoms with Gasteiger partial charge in [0.2, 0.25) is 5.91 Å². The van der Waals surface area contributed by atoms with E-state index < -0.39 is 42.7 Å². The average molecular weight is 493 g/mol. The molecule has 2 aromatic rings. The van der Waals surface area contributed by atoms with Gasteiger partial charge in [-0.1, -0.05) is 48.5 Å². The van der Waals surface area contributed by atoms with Gasteiger partial charge in [-0.3, -0.25) is 4.79 Å². The van der Waals surface area contributed by atoms with Gasteiger partial charge >= 0.3 is 18.2 Å². The molecule has 0 fully saturated rings. The average Bonchev–Trinajstić information content (AvgIpc) is 3.09. The number of rotatable bonds is 9. The quantitative estimate of drug-likeness (QED) is 0.496. The van der Waals surface area contributed by atoms with E-state index in [0.29, 0.717) is 0 Å². The first-order valence-corrected chi connectivity index (χ1v) is 10.8. The largest absolute Gasteiger partial charge is 0.480 e. The topological polar surface area (TPSA) is 108 Å². The minimum absolute atomic E-state index is 0.114. The Bertz CT molecular complexity index is 1040. The van der Waals surface area contributed by atoms with Gasteiger partial charge in [-0.25, -0.2) is 9.59 Å². The van der Waals surface area contributed by atoms with Crippen molar-refractivity contribution in [3.8, 4) is 11.1 Å². The number of alkyl carbamates (subject to hydrolysis) is 1. The number of ether oxygens (including phenoxy) is 1. The number of carboxylic acids is 1. The third-order valence-electron chi connectivity index (χ3n) is 5.60. The van der Waals surface area contributed by atoms with E-state index >= 15 is 0 Å². The van der Waals surface area contributed by atoms with Crippen LogP contribution in [-0.4, -0.2) is 73.5 Å². The molecular formula is C24H26F3N3O5. The Balaban J connectivity index is 1.64. The molecule has 1 aliphatic carbocycles. The third-order valence-corrected chi connectivity index (χ3v) is 5.60. The fraction of sp³-hybridized carbons (Fsp3) is 0.375. The fourth-order valence-corrected chi connectivity index (χ4v) is 4.02. The number of alkyl halides is 3. The molecule has 2 unspecified atom stereocenters. The number of nitrogens with one attached hydrogen (secondary N) is 2. The summed E-state index contributed by atoms with van der Waals surface area (Å²) in [5.74, 6) is -2.90. The lowest BCUT2D eigenvalue weighted by Gasteiger charge is -2.23. The first-order chi connectivity index (χ1) is 16.5. The van der Waals surface area contributed by atoms with Crippen LogP contribution < -0.4 is 10.6 Å². The maximum absolute atomic E-state index is 13.5. The molecule has 35 heavy (non-hydrogen) atoms. The molecule has 11 heteroatoms. The number of likely N-dealkylation sites (N-methyl/N-ethyl adjacent to an activating group) is 1. The number of hydrogen-bond acceptors (Lipinski definition) is 5. The molecule has 2 amide bonds. The molecule has 0 aliphatic heterocycles. The molecule has 8 nitrogen and oxygen atoms in total. The van der Waals surface area contributed by atoms with Crippen LogP contribution in [0.25, 0.3) is 11.1 Å². The number of benzene rings is 2. The van der Waals surface area contributed by atoms with Crippen molar-refractivity contribution in [3.05, 3.63) is 59.7 Å². The predicted octanol–water partition coefficient (Wildman–Crippen LogP) is 2.98. The zero-order valence-corrected chi connectivity index (χ0v) is 19.1. The van der Waals surface area contributed by atoms with E-state index in [1.807, 2.05) is 48.5 Å². The van der Waals surface area contributed by atoms with Crippen molar-refractivity contribution < 1.29 is 37.4 Å². The van der Waals surface area contributed by atoms with Crippen molar-refractivity contribution in [2.75, 3.05) is 27.2 Å². The summed E-state index contributed by atoms with van der Waals surface area (Å²) in [6.07, 6.45) is -7.47. The standard InChI is InChI=1S/C24H26F3N3O5/c1-30(2)12-19(22(32)33)28-21(31)11-20(24(25,26)27)29-23(34)35-13-18-16-9-5-3-7-14(16)15-8-4-6-10-17(15)18/h3-10,18-20H,11-13H2,1-2H3,(H,28,31)(H,29,34)(H,32,33). The van der Waals surface area contributed by atoms with E-state index in [4.69, 9.17) is 4.74 Å². The minimum atomic E-state index is -4.96. The van der Waals surface area contributed by atoms with Crippen LogP contribution in [0.2, 0.25) is 0 Å². The van der Waals surface area contributed by atoms with Crippen LogP contribution in [0.4, 0.5) is 18.0 Å². The third kappa shape index (κ3) is 6.50. The lowest BCUT2D eigenvalue weighted by atomic mass is 9.98. The highest BCUT2D eigenvalue weighted by molar-refractivity contribution is 5.84. The van der Waals surface area contributed by atoms with Crippen molar-refractivity contribution in [1.82, 2.24) is 15.5 Å². The Morgan fingerprint density at radius 1 is 1.00 bits per heavy atom. The first kappa shape index (κ1) is 26.0. The van der Waals surface area contributed by atoms with Crippen molar-refractivity contribution >= 4 is 18.0 Å². The van der Waals surface area contributed by atoms with Crippen molar-refractivity contribution in [2.24, 2.45) is 0 Å². The van der Waals surface area contributed by atoms with Crippen molar-refractivity contribution in [2.45, 2.75) is 30.6 Å². The molecule has 0 bridgehead atoms. The number of hydrogen-bond donors (Lipinski definition) is 3. The number of aliphatic carboxylic acids is 1. The zero-order chi connectivity index (χ0) is 25.8. The maximum atomic E-state index is 13.5. The van der Waals surface area contributed by atoms with Gasteiger partial charge in [-0.05, 0) is 36.3 Å². The lowest BCUT2D eigenvalue weighted by molar-refractivity contribution is -0.161. The summed E-state index contributed by atoms with van der Waals surface area (Å²) in [6, 6.07) is 11.0. The van der Waals surface area contributed by atoms with Crippen LogP contribution in [0.15, 0.2) is 48.5 Å². The SMILES string of the molecule is CN(C)CC(NC(=O)CC(NC(=O)OCC1c2ccccc2-c2ccccc21)C(F)(F)F)C(=O)O. The first-order valence-electron chi connectivity index (χ1n) is 10.8. The van der Waals surface area contributed by atoms with Gasteiger partial charge in [0.05, 0.1) is 6.42 Å².